The second kappa shape index (κ2) is 10.3. The number of nitrogens with one attached hydrogen (secondary N) is 1. The molecule has 24 heavy (non-hydrogen) atoms. The molecule has 1 fully saturated rings. The molecule has 0 spiro atoms. The fourth-order valence-corrected chi connectivity index (χ4v) is 2.73. The van der Waals surface area contributed by atoms with Gasteiger partial charge in [0.25, 0.3) is 0 Å². The van der Waals surface area contributed by atoms with E-state index in [0.29, 0.717) is 19.8 Å². The van der Waals surface area contributed by atoms with Gasteiger partial charge in [0.2, 0.25) is 0 Å². The van der Waals surface area contributed by atoms with Gasteiger partial charge in [-0.1, -0.05) is 12.1 Å². The van der Waals surface area contributed by atoms with Crippen molar-refractivity contribution in [2.24, 2.45) is 4.99 Å². The highest BCUT2D eigenvalue weighted by Gasteiger charge is 2.15. The smallest absolute Gasteiger partial charge is 0.193 e. The Hall–Kier alpha value is -1.66. The first-order valence-corrected chi connectivity index (χ1v) is 8.54. The molecule has 0 saturated carbocycles. The van der Waals surface area contributed by atoms with Gasteiger partial charge in [-0.25, -0.2) is 4.39 Å². The number of hydrogen-bond donors (Lipinski definition) is 1. The molecular formula is C18H28FN3O2. The van der Waals surface area contributed by atoms with Crippen molar-refractivity contribution in [3.63, 3.8) is 0 Å². The molecule has 1 saturated heterocycles. The molecule has 1 atom stereocenters. The summed E-state index contributed by atoms with van der Waals surface area (Å²) in [6.07, 6.45) is 3.43. The van der Waals surface area contributed by atoms with E-state index >= 15 is 0 Å². The van der Waals surface area contributed by atoms with Crippen LogP contribution in [0.3, 0.4) is 0 Å². The highest BCUT2D eigenvalue weighted by molar-refractivity contribution is 5.79. The molecule has 0 amide bonds. The summed E-state index contributed by atoms with van der Waals surface area (Å²) in [6, 6.07) is 6.63. The summed E-state index contributed by atoms with van der Waals surface area (Å²) in [5, 5.41) is 3.30. The molecule has 2 rings (SSSR count). The number of ether oxygens (including phenoxy) is 2. The number of halogens is 1. The summed E-state index contributed by atoms with van der Waals surface area (Å²) in [7, 11) is 3.69. The standard InChI is InChI=1S/C18H28FN3O2/c1-20-18(22(2)13-15-6-3-7-16(19)12-15)21-9-5-10-23-14-17-8-4-11-24-17/h3,6-7,12,17H,4-5,8-11,13-14H2,1-2H3,(H,20,21). The van der Waals surface area contributed by atoms with Crippen LogP contribution >= 0.6 is 0 Å². The Morgan fingerprint density at radius 3 is 3.08 bits per heavy atom. The molecule has 1 unspecified atom stereocenters. The maximum Gasteiger partial charge on any atom is 0.193 e. The lowest BCUT2D eigenvalue weighted by Gasteiger charge is -2.22. The van der Waals surface area contributed by atoms with Crippen molar-refractivity contribution in [1.82, 2.24) is 10.2 Å². The lowest BCUT2D eigenvalue weighted by Crippen LogP contribution is -2.39. The van der Waals surface area contributed by atoms with Gasteiger partial charge in [0.1, 0.15) is 5.82 Å². The molecule has 0 aliphatic carbocycles. The van der Waals surface area contributed by atoms with Gasteiger partial charge in [-0.15, -0.1) is 0 Å². The van der Waals surface area contributed by atoms with E-state index in [0.717, 1.165) is 43.9 Å². The van der Waals surface area contributed by atoms with Gasteiger partial charge >= 0.3 is 0 Å². The normalized spacial score (nSPS) is 18.0. The van der Waals surface area contributed by atoms with Crippen LogP contribution in [-0.4, -0.2) is 57.4 Å². The molecule has 134 valence electrons. The van der Waals surface area contributed by atoms with E-state index in [1.54, 1.807) is 19.2 Å². The molecular weight excluding hydrogens is 309 g/mol. The van der Waals surface area contributed by atoms with Gasteiger partial charge in [-0.05, 0) is 37.0 Å². The minimum Gasteiger partial charge on any atom is -0.379 e. The monoisotopic (exact) mass is 337 g/mol. The number of nitrogens with zero attached hydrogens (tertiary/aromatic N) is 2. The average Bonchev–Trinajstić information content (AvgIpc) is 3.07. The number of guanidine groups is 1. The maximum absolute atomic E-state index is 13.2. The molecule has 5 nitrogen and oxygen atoms in total. The van der Waals surface area contributed by atoms with Crippen LogP contribution in [0.1, 0.15) is 24.8 Å². The third-order valence-electron chi connectivity index (χ3n) is 3.96. The lowest BCUT2D eigenvalue weighted by molar-refractivity contribution is 0.0168. The summed E-state index contributed by atoms with van der Waals surface area (Å²) in [6.45, 7) is 3.65. The van der Waals surface area contributed by atoms with Crippen LogP contribution in [0.2, 0.25) is 0 Å². The minimum absolute atomic E-state index is 0.216. The second-order valence-corrected chi connectivity index (χ2v) is 6.02. The van der Waals surface area contributed by atoms with E-state index in [2.05, 4.69) is 10.3 Å². The molecule has 0 bridgehead atoms. The van der Waals surface area contributed by atoms with Gasteiger partial charge in [0.05, 0.1) is 12.7 Å². The molecule has 1 heterocycles. The van der Waals surface area contributed by atoms with Crippen LogP contribution in [-0.2, 0) is 16.0 Å². The molecule has 1 N–H and O–H groups in total. The zero-order valence-electron chi connectivity index (χ0n) is 14.6. The molecule has 0 radical (unpaired) electrons. The van der Waals surface area contributed by atoms with E-state index < -0.39 is 0 Å². The number of rotatable bonds is 8. The third kappa shape index (κ3) is 6.45. The van der Waals surface area contributed by atoms with Gasteiger partial charge in [0, 0.05) is 40.4 Å². The van der Waals surface area contributed by atoms with Gasteiger partial charge in [0.15, 0.2) is 5.96 Å². The van der Waals surface area contributed by atoms with Crippen molar-refractivity contribution >= 4 is 5.96 Å². The van der Waals surface area contributed by atoms with Crippen molar-refractivity contribution in [3.8, 4) is 0 Å². The zero-order chi connectivity index (χ0) is 17.2. The summed E-state index contributed by atoms with van der Waals surface area (Å²) in [4.78, 5) is 6.24. The number of aliphatic imine (C=N–C) groups is 1. The Labute approximate surface area is 143 Å². The molecule has 1 aromatic rings. The maximum atomic E-state index is 13.2. The van der Waals surface area contributed by atoms with Crippen LogP contribution in [0.5, 0.6) is 0 Å². The predicted molar refractivity (Wildman–Crippen MR) is 93.6 cm³/mol. The first kappa shape index (κ1) is 18.7. The van der Waals surface area contributed by atoms with E-state index in [4.69, 9.17) is 9.47 Å². The van der Waals surface area contributed by atoms with Gasteiger partial charge in [-0.3, -0.25) is 4.99 Å². The van der Waals surface area contributed by atoms with E-state index in [-0.39, 0.29) is 11.9 Å². The van der Waals surface area contributed by atoms with E-state index in [9.17, 15) is 4.39 Å². The van der Waals surface area contributed by atoms with Gasteiger partial charge in [-0.2, -0.15) is 0 Å². The molecule has 1 aliphatic rings. The summed E-state index contributed by atoms with van der Waals surface area (Å²) in [5.41, 5.74) is 0.917. The molecule has 0 aromatic heterocycles. The third-order valence-corrected chi connectivity index (χ3v) is 3.96. The Morgan fingerprint density at radius 2 is 2.38 bits per heavy atom. The topological polar surface area (TPSA) is 46.1 Å². The summed E-state index contributed by atoms with van der Waals surface area (Å²) < 4.78 is 24.4. The Morgan fingerprint density at radius 1 is 1.50 bits per heavy atom. The van der Waals surface area contributed by atoms with Crippen molar-refractivity contribution in [2.75, 3.05) is 40.5 Å². The SMILES string of the molecule is CN=C(NCCCOCC1CCCO1)N(C)Cc1cccc(F)c1. The summed E-state index contributed by atoms with van der Waals surface area (Å²) >= 11 is 0. The first-order valence-electron chi connectivity index (χ1n) is 8.54. The van der Waals surface area contributed by atoms with Gasteiger partial charge < -0.3 is 19.7 Å². The van der Waals surface area contributed by atoms with Crippen molar-refractivity contribution in [2.45, 2.75) is 31.9 Å². The van der Waals surface area contributed by atoms with E-state index in [1.807, 2.05) is 18.0 Å². The molecule has 1 aromatic carbocycles. The summed E-state index contributed by atoms with van der Waals surface area (Å²) in [5.74, 6) is 0.575. The Kier molecular flexibility index (Phi) is 7.98. The highest BCUT2D eigenvalue weighted by Crippen LogP contribution is 2.11. The van der Waals surface area contributed by atoms with Crippen LogP contribution in [0.15, 0.2) is 29.3 Å². The lowest BCUT2D eigenvalue weighted by atomic mass is 10.2. The number of benzene rings is 1. The quantitative estimate of drug-likeness (QED) is 0.450. The van der Waals surface area contributed by atoms with Crippen LogP contribution in [0.4, 0.5) is 4.39 Å². The first-order chi connectivity index (χ1) is 11.7. The largest absolute Gasteiger partial charge is 0.379 e. The average molecular weight is 337 g/mol. The Bertz CT molecular complexity index is 519. The van der Waals surface area contributed by atoms with Crippen LogP contribution < -0.4 is 5.32 Å². The second-order valence-electron chi connectivity index (χ2n) is 6.02. The predicted octanol–water partition coefficient (Wildman–Crippen LogP) is 2.42. The fraction of sp³-hybridized carbons (Fsp3) is 0.611. The molecule has 1 aliphatic heterocycles. The zero-order valence-corrected chi connectivity index (χ0v) is 14.6. The van der Waals surface area contributed by atoms with Crippen molar-refractivity contribution in [1.29, 1.82) is 0 Å². The highest BCUT2D eigenvalue weighted by atomic mass is 19.1. The van der Waals surface area contributed by atoms with E-state index in [1.165, 1.54) is 6.07 Å². The van der Waals surface area contributed by atoms with Crippen LogP contribution in [0.25, 0.3) is 0 Å². The Balaban J connectivity index is 1.62. The number of hydrogen-bond acceptors (Lipinski definition) is 3. The van der Waals surface area contributed by atoms with Crippen LogP contribution in [0, 0.1) is 5.82 Å². The minimum atomic E-state index is -0.216. The van der Waals surface area contributed by atoms with Crippen molar-refractivity contribution < 1.29 is 13.9 Å². The molecule has 6 heteroatoms. The van der Waals surface area contributed by atoms with Crippen molar-refractivity contribution in [3.05, 3.63) is 35.6 Å². The fourth-order valence-electron chi connectivity index (χ4n) is 2.73.